The first-order valence-corrected chi connectivity index (χ1v) is 9.81. The van der Waals surface area contributed by atoms with Crippen molar-refractivity contribution in [2.75, 3.05) is 19.9 Å². The number of hydrogen-bond acceptors (Lipinski definition) is 4. The van der Waals surface area contributed by atoms with Crippen LogP contribution in [0, 0.1) is 5.92 Å². The molecule has 5 nitrogen and oxygen atoms in total. The Morgan fingerprint density at radius 1 is 1.15 bits per heavy atom. The lowest BCUT2D eigenvalue weighted by Crippen LogP contribution is -2.33. The van der Waals surface area contributed by atoms with Gasteiger partial charge in [-0.2, -0.15) is 5.10 Å². The third-order valence-electron chi connectivity index (χ3n) is 5.51. The molecule has 1 saturated heterocycles. The first-order chi connectivity index (χ1) is 12.7. The third-order valence-corrected chi connectivity index (χ3v) is 5.51. The van der Waals surface area contributed by atoms with Crippen LogP contribution in [0.15, 0.2) is 30.5 Å². The number of ether oxygens (including phenoxy) is 2. The molecule has 0 N–H and O–H groups in total. The highest BCUT2D eigenvalue weighted by molar-refractivity contribution is 5.44. The van der Waals surface area contributed by atoms with E-state index in [4.69, 9.17) is 14.6 Å². The van der Waals surface area contributed by atoms with E-state index in [0.717, 1.165) is 24.5 Å². The van der Waals surface area contributed by atoms with Crippen molar-refractivity contribution in [3.63, 3.8) is 0 Å². The molecule has 0 aliphatic carbocycles. The highest BCUT2D eigenvalue weighted by atomic mass is 16.7. The van der Waals surface area contributed by atoms with Crippen LogP contribution in [0.5, 0.6) is 11.5 Å². The molecule has 1 aromatic carbocycles. The predicted octanol–water partition coefficient (Wildman–Crippen LogP) is 3.94. The van der Waals surface area contributed by atoms with Crippen LogP contribution in [-0.2, 0) is 13.5 Å². The summed E-state index contributed by atoms with van der Waals surface area (Å²) in [6.07, 6.45) is 8.26. The molecule has 2 aliphatic rings. The second-order valence-electron chi connectivity index (χ2n) is 7.77. The molecule has 0 amide bonds. The van der Waals surface area contributed by atoms with Crippen molar-refractivity contribution in [1.29, 1.82) is 0 Å². The molecule has 2 aliphatic heterocycles. The summed E-state index contributed by atoms with van der Waals surface area (Å²) in [5, 5.41) is 4.70. The molecule has 140 valence electrons. The van der Waals surface area contributed by atoms with Crippen LogP contribution >= 0.6 is 0 Å². The van der Waals surface area contributed by atoms with E-state index in [0.29, 0.717) is 18.8 Å². The second kappa shape index (κ2) is 7.70. The van der Waals surface area contributed by atoms with Gasteiger partial charge in [-0.15, -0.1) is 0 Å². The van der Waals surface area contributed by atoms with E-state index in [1.165, 1.54) is 43.5 Å². The molecule has 0 spiro atoms. The normalized spacial score (nSPS) is 21.5. The smallest absolute Gasteiger partial charge is 0.231 e. The fourth-order valence-electron chi connectivity index (χ4n) is 4.27. The van der Waals surface area contributed by atoms with Gasteiger partial charge in [0.25, 0.3) is 0 Å². The van der Waals surface area contributed by atoms with Gasteiger partial charge >= 0.3 is 0 Å². The average Bonchev–Trinajstić information content (AvgIpc) is 3.19. The molecule has 3 heterocycles. The van der Waals surface area contributed by atoms with Crippen LogP contribution in [-0.4, -0.2) is 34.6 Å². The highest BCUT2D eigenvalue weighted by Crippen LogP contribution is 2.34. The largest absolute Gasteiger partial charge is 0.454 e. The van der Waals surface area contributed by atoms with Crippen LogP contribution in [0.2, 0.25) is 0 Å². The van der Waals surface area contributed by atoms with Gasteiger partial charge in [0.05, 0.1) is 11.7 Å². The Bertz CT molecular complexity index is 743. The Balaban J connectivity index is 1.43. The lowest BCUT2D eigenvalue weighted by Gasteiger charge is -2.31. The summed E-state index contributed by atoms with van der Waals surface area (Å²) in [6.45, 7) is 4.97. The zero-order valence-corrected chi connectivity index (χ0v) is 15.9. The van der Waals surface area contributed by atoms with Crippen molar-refractivity contribution in [1.82, 2.24) is 14.7 Å². The monoisotopic (exact) mass is 355 g/mol. The minimum Gasteiger partial charge on any atom is -0.454 e. The molecule has 4 rings (SSSR count). The van der Waals surface area contributed by atoms with Crippen LogP contribution in [0.25, 0.3) is 0 Å². The van der Waals surface area contributed by atoms with E-state index in [1.807, 2.05) is 17.8 Å². The van der Waals surface area contributed by atoms with Gasteiger partial charge in [-0.05, 0) is 55.5 Å². The minimum atomic E-state index is 0.341. The number of aromatic nitrogens is 2. The van der Waals surface area contributed by atoms with Gasteiger partial charge in [0.15, 0.2) is 11.5 Å². The van der Waals surface area contributed by atoms with Crippen LogP contribution in [0.1, 0.15) is 49.9 Å². The lowest BCUT2D eigenvalue weighted by molar-refractivity contribution is 0.170. The fourth-order valence-corrected chi connectivity index (χ4v) is 4.27. The number of aryl methyl sites for hydroxylation is 1. The first-order valence-electron chi connectivity index (χ1n) is 9.81. The van der Waals surface area contributed by atoms with E-state index in [2.05, 4.69) is 36.2 Å². The van der Waals surface area contributed by atoms with Gasteiger partial charge in [-0.25, -0.2) is 0 Å². The van der Waals surface area contributed by atoms with Gasteiger partial charge in [-0.3, -0.25) is 9.58 Å². The topological polar surface area (TPSA) is 39.5 Å². The van der Waals surface area contributed by atoms with Crippen molar-refractivity contribution in [3.8, 4) is 11.5 Å². The zero-order chi connectivity index (χ0) is 17.9. The van der Waals surface area contributed by atoms with E-state index in [-0.39, 0.29) is 0 Å². The van der Waals surface area contributed by atoms with Gasteiger partial charge in [0, 0.05) is 19.8 Å². The van der Waals surface area contributed by atoms with Crippen LogP contribution in [0.3, 0.4) is 0 Å². The van der Waals surface area contributed by atoms with Gasteiger partial charge in [0.1, 0.15) is 0 Å². The van der Waals surface area contributed by atoms with Crippen molar-refractivity contribution >= 4 is 0 Å². The molecule has 2 aromatic rings. The Kier molecular flexibility index (Phi) is 5.16. The summed E-state index contributed by atoms with van der Waals surface area (Å²) >= 11 is 0. The summed E-state index contributed by atoms with van der Waals surface area (Å²) in [5.74, 6) is 2.33. The number of hydrogen-bond donors (Lipinski definition) is 0. The molecule has 0 saturated carbocycles. The fraction of sp³-hybridized carbons (Fsp3) is 0.571. The van der Waals surface area contributed by atoms with Crippen molar-refractivity contribution in [2.24, 2.45) is 13.0 Å². The molecule has 26 heavy (non-hydrogen) atoms. The first kappa shape index (κ1) is 17.4. The van der Waals surface area contributed by atoms with E-state index < -0.39 is 0 Å². The molecule has 1 fully saturated rings. The molecule has 0 radical (unpaired) electrons. The van der Waals surface area contributed by atoms with Crippen molar-refractivity contribution in [3.05, 3.63) is 41.7 Å². The Morgan fingerprint density at radius 2 is 2.04 bits per heavy atom. The van der Waals surface area contributed by atoms with Gasteiger partial charge in [-0.1, -0.05) is 25.8 Å². The number of rotatable bonds is 5. The molecule has 2 atom stereocenters. The number of benzene rings is 1. The SMILES string of the molecule is CC(Cc1ccc2c(c1)OCO2)CN1CCCCCC1c1ccn(C)n1. The number of likely N-dealkylation sites (tertiary alicyclic amines) is 1. The zero-order valence-electron chi connectivity index (χ0n) is 15.9. The summed E-state index contributed by atoms with van der Waals surface area (Å²) < 4.78 is 12.9. The van der Waals surface area contributed by atoms with E-state index in [1.54, 1.807) is 0 Å². The minimum absolute atomic E-state index is 0.341. The van der Waals surface area contributed by atoms with Crippen molar-refractivity contribution < 1.29 is 9.47 Å². The average molecular weight is 355 g/mol. The second-order valence-corrected chi connectivity index (χ2v) is 7.77. The molecule has 2 unspecified atom stereocenters. The standard InChI is InChI=1S/C21H29N3O2/c1-16(12-17-7-8-20-21(13-17)26-15-25-20)14-24-10-5-3-4-6-19(24)18-9-11-23(2)22-18/h7-9,11,13,16,19H,3-6,10,12,14-15H2,1-2H3. The Hall–Kier alpha value is -2.01. The summed E-state index contributed by atoms with van der Waals surface area (Å²) in [7, 11) is 2.01. The molecule has 0 bridgehead atoms. The van der Waals surface area contributed by atoms with Gasteiger partial charge in [0.2, 0.25) is 6.79 Å². The number of nitrogens with zero attached hydrogens (tertiary/aromatic N) is 3. The van der Waals surface area contributed by atoms with Crippen molar-refractivity contribution in [2.45, 2.75) is 45.1 Å². The molecular formula is C21H29N3O2. The highest BCUT2D eigenvalue weighted by Gasteiger charge is 2.26. The van der Waals surface area contributed by atoms with Crippen LogP contribution in [0.4, 0.5) is 0 Å². The Labute approximate surface area is 155 Å². The molecule has 5 heteroatoms. The maximum absolute atomic E-state index is 5.52. The third kappa shape index (κ3) is 3.88. The maximum Gasteiger partial charge on any atom is 0.231 e. The lowest BCUT2D eigenvalue weighted by atomic mass is 9.98. The van der Waals surface area contributed by atoms with Gasteiger partial charge < -0.3 is 9.47 Å². The van der Waals surface area contributed by atoms with E-state index >= 15 is 0 Å². The predicted molar refractivity (Wildman–Crippen MR) is 101 cm³/mol. The maximum atomic E-state index is 5.52. The summed E-state index contributed by atoms with van der Waals surface area (Å²) in [5.41, 5.74) is 2.55. The van der Waals surface area contributed by atoms with E-state index in [9.17, 15) is 0 Å². The Morgan fingerprint density at radius 3 is 2.88 bits per heavy atom. The molecular weight excluding hydrogens is 326 g/mol. The summed E-state index contributed by atoms with van der Waals surface area (Å²) in [4.78, 5) is 2.66. The quantitative estimate of drug-likeness (QED) is 0.814. The van der Waals surface area contributed by atoms with Crippen LogP contribution < -0.4 is 9.47 Å². The number of fused-ring (bicyclic) bond motifs is 1. The molecule has 1 aromatic heterocycles. The summed E-state index contributed by atoms with van der Waals surface area (Å²) in [6, 6.07) is 8.98.